The number of hydrogen-bond donors (Lipinski definition) is 0. The van der Waals surface area contributed by atoms with E-state index in [0.29, 0.717) is 6.42 Å². The topological polar surface area (TPSA) is 17.8 Å². The van der Waals surface area contributed by atoms with Crippen LogP contribution in [0.3, 0.4) is 0 Å². The number of alkyl halides is 2. The molecule has 0 aromatic carbocycles. The maximum atomic E-state index is 13.6. The Morgan fingerprint density at radius 2 is 2.31 bits per heavy atom. The fourth-order valence-electron chi connectivity index (χ4n) is 2.32. The van der Waals surface area contributed by atoms with Gasteiger partial charge in [-0.15, -0.1) is 0 Å². The lowest BCUT2D eigenvalue weighted by atomic mass is 10.2. The molecule has 0 aliphatic heterocycles. The Morgan fingerprint density at radius 1 is 1.62 bits per heavy atom. The molecule has 70 valence electrons. The molecule has 0 bridgehead atoms. The molecule has 2 aliphatic rings. The zero-order valence-electron chi connectivity index (χ0n) is 6.89. The summed E-state index contributed by atoms with van der Waals surface area (Å²) in [6.45, 7) is 0. The van der Waals surface area contributed by atoms with Crippen molar-refractivity contribution in [3.63, 3.8) is 0 Å². The van der Waals surface area contributed by atoms with Gasteiger partial charge >= 0.3 is 0 Å². The van der Waals surface area contributed by atoms with E-state index >= 15 is 0 Å². The molecule has 0 spiro atoms. The highest BCUT2D eigenvalue weighted by molar-refractivity contribution is 14.1. The third-order valence-electron chi connectivity index (χ3n) is 2.98. The van der Waals surface area contributed by atoms with Crippen LogP contribution >= 0.6 is 22.6 Å². The fourth-order valence-corrected chi connectivity index (χ4v) is 3.30. The van der Waals surface area contributed by atoms with E-state index in [1.165, 1.54) is 4.68 Å². The van der Waals surface area contributed by atoms with Gasteiger partial charge in [0, 0.05) is 18.5 Å². The smallest absolute Gasteiger partial charge is 0.265 e. The minimum absolute atomic E-state index is 0.0885. The number of hydrogen-bond acceptors (Lipinski definition) is 1. The van der Waals surface area contributed by atoms with Crippen molar-refractivity contribution < 1.29 is 8.78 Å². The first kappa shape index (κ1) is 8.14. The highest BCUT2D eigenvalue weighted by Gasteiger charge is 2.66. The Kier molecular flexibility index (Phi) is 1.29. The minimum atomic E-state index is -2.63. The lowest BCUT2D eigenvalue weighted by Gasteiger charge is -2.12. The van der Waals surface area contributed by atoms with Crippen molar-refractivity contribution in [2.24, 2.45) is 13.0 Å². The highest BCUT2D eigenvalue weighted by atomic mass is 127. The average molecular weight is 296 g/mol. The number of aromatic nitrogens is 2. The molecule has 1 heterocycles. The van der Waals surface area contributed by atoms with Crippen LogP contribution in [0.25, 0.3) is 0 Å². The molecule has 1 aromatic rings. The minimum Gasteiger partial charge on any atom is -0.265 e. The Bertz CT molecular complexity index is 399. The number of halogens is 3. The molecule has 2 atom stereocenters. The van der Waals surface area contributed by atoms with Crippen LogP contribution in [0.5, 0.6) is 0 Å². The summed E-state index contributed by atoms with van der Waals surface area (Å²) in [5.74, 6) is -2.98. The largest absolute Gasteiger partial charge is 0.293 e. The summed E-state index contributed by atoms with van der Waals surface area (Å²) in [5.41, 5.74) is 0.955. The van der Waals surface area contributed by atoms with Crippen LogP contribution in [-0.2, 0) is 13.0 Å². The number of rotatable bonds is 0. The monoisotopic (exact) mass is 296 g/mol. The van der Waals surface area contributed by atoms with Gasteiger partial charge in [0.25, 0.3) is 5.92 Å². The molecule has 3 rings (SSSR count). The molecule has 1 saturated carbocycles. The second kappa shape index (κ2) is 2.07. The molecular weight excluding hydrogens is 289 g/mol. The van der Waals surface area contributed by atoms with Gasteiger partial charge in [0.2, 0.25) is 0 Å². The third-order valence-corrected chi connectivity index (χ3v) is 3.78. The summed E-state index contributed by atoms with van der Waals surface area (Å²) < 4.78 is 29.3. The van der Waals surface area contributed by atoms with Crippen molar-refractivity contribution in [1.29, 1.82) is 0 Å². The normalized spacial score (nSPS) is 32.9. The van der Waals surface area contributed by atoms with Gasteiger partial charge in [-0.25, -0.2) is 0 Å². The van der Waals surface area contributed by atoms with Gasteiger partial charge in [0.15, 0.2) is 0 Å². The van der Waals surface area contributed by atoms with Gasteiger partial charge < -0.3 is 0 Å². The van der Waals surface area contributed by atoms with E-state index in [9.17, 15) is 8.78 Å². The summed E-state index contributed by atoms with van der Waals surface area (Å²) >= 11 is 2.04. The van der Waals surface area contributed by atoms with Crippen molar-refractivity contribution in [2.75, 3.05) is 0 Å². The molecule has 2 nitrogen and oxygen atoms in total. The molecule has 0 N–H and O–H groups in total. The highest BCUT2D eigenvalue weighted by Crippen LogP contribution is 2.67. The van der Waals surface area contributed by atoms with Crippen LogP contribution in [-0.4, -0.2) is 9.78 Å². The van der Waals surface area contributed by atoms with Crippen LogP contribution in [0.4, 0.5) is 8.78 Å². The Labute approximate surface area is 87.4 Å². The summed E-state index contributed by atoms with van der Waals surface area (Å²) in [5, 5.41) is 4.03. The van der Waals surface area contributed by atoms with Crippen molar-refractivity contribution in [2.45, 2.75) is 18.3 Å². The first-order valence-electron chi connectivity index (χ1n) is 4.14. The molecule has 13 heavy (non-hydrogen) atoms. The molecule has 1 fully saturated rings. The molecule has 0 radical (unpaired) electrons. The summed E-state index contributed by atoms with van der Waals surface area (Å²) in [6.07, 6.45) is 0.641. The lowest BCUT2D eigenvalue weighted by molar-refractivity contribution is -0.0301. The molecule has 2 aliphatic carbocycles. The predicted octanol–water partition coefficient (Wildman–Crippen LogP) is 2.23. The van der Waals surface area contributed by atoms with Crippen LogP contribution < -0.4 is 0 Å². The first-order chi connectivity index (χ1) is 6.03. The fraction of sp³-hybridized carbons (Fsp3) is 0.625. The van der Waals surface area contributed by atoms with Gasteiger partial charge in [-0.2, -0.15) is 13.9 Å². The van der Waals surface area contributed by atoms with E-state index in [0.717, 1.165) is 9.26 Å². The van der Waals surface area contributed by atoms with Crippen molar-refractivity contribution in [3.8, 4) is 0 Å². The maximum absolute atomic E-state index is 13.6. The van der Waals surface area contributed by atoms with Gasteiger partial charge in [-0.3, -0.25) is 4.68 Å². The van der Waals surface area contributed by atoms with Crippen molar-refractivity contribution in [3.05, 3.63) is 15.0 Å². The van der Waals surface area contributed by atoms with Crippen LogP contribution in [0, 0.1) is 9.62 Å². The molecule has 0 saturated heterocycles. The summed E-state index contributed by atoms with van der Waals surface area (Å²) in [7, 11) is 1.60. The van der Waals surface area contributed by atoms with Crippen LogP contribution in [0.1, 0.15) is 23.6 Å². The molecule has 5 heteroatoms. The van der Waals surface area contributed by atoms with Crippen molar-refractivity contribution >= 4 is 22.6 Å². The van der Waals surface area contributed by atoms with Gasteiger partial charge in [0.1, 0.15) is 9.39 Å². The van der Waals surface area contributed by atoms with Gasteiger partial charge in [0.05, 0.1) is 0 Å². The zero-order valence-corrected chi connectivity index (χ0v) is 9.05. The quantitative estimate of drug-likeness (QED) is 0.671. The van der Waals surface area contributed by atoms with Gasteiger partial charge in [-0.1, -0.05) is 0 Å². The Balaban J connectivity index is 2.31. The van der Waals surface area contributed by atoms with Gasteiger partial charge in [-0.05, 0) is 34.9 Å². The van der Waals surface area contributed by atoms with E-state index in [1.807, 2.05) is 22.6 Å². The predicted molar refractivity (Wildman–Crippen MR) is 50.7 cm³/mol. The van der Waals surface area contributed by atoms with Crippen molar-refractivity contribution in [1.82, 2.24) is 9.78 Å². The first-order valence-corrected chi connectivity index (χ1v) is 5.22. The van der Waals surface area contributed by atoms with E-state index in [1.54, 1.807) is 7.05 Å². The summed E-state index contributed by atoms with van der Waals surface area (Å²) in [6, 6.07) is 0. The zero-order chi connectivity index (χ0) is 9.38. The standard InChI is InChI=1S/C8H7F2IN2/c1-13-6-5(7(11)12-13)3-2-4(3)8(6,9)10/h3-4H,2H2,1H3. The SMILES string of the molecule is Cn1nc(I)c2c1C(F)(F)C1CC21. The second-order valence-corrected chi connectivity index (χ2v) is 4.77. The van der Waals surface area contributed by atoms with Crippen LogP contribution in [0.2, 0.25) is 0 Å². The van der Waals surface area contributed by atoms with Crippen LogP contribution in [0.15, 0.2) is 0 Å². The number of aryl methyl sites for hydroxylation is 1. The summed E-state index contributed by atoms with van der Waals surface area (Å²) in [4.78, 5) is 0. The second-order valence-electron chi connectivity index (χ2n) is 3.75. The third kappa shape index (κ3) is 0.793. The molecule has 1 aromatic heterocycles. The molecule has 2 unspecified atom stereocenters. The van der Waals surface area contributed by atoms with E-state index in [-0.39, 0.29) is 11.6 Å². The Hall–Kier alpha value is -0.200. The van der Waals surface area contributed by atoms with E-state index < -0.39 is 11.8 Å². The molecular formula is C8H7F2IN2. The lowest BCUT2D eigenvalue weighted by Crippen LogP contribution is -2.18. The number of fused-ring (bicyclic) bond motifs is 3. The average Bonchev–Trinajstić information content (AvgIpc) is 2.68. The molecule has 0 amide bonds. The van der Waals surface area contributed by atoms with E-state index in [2.05, 4.69) is 5.10 Å². The maximum Gasteiger partial charge on any atom is 0.293 e. The Morgan fingerprint density at radius 3 is 2.92 bits per heavy atom. The van der Waals surface area contributed by atoms with E-state index in [4.69, 9.17) is 0 Å². The number of nitrogens with zero attached hydrogens (tertiary/aromatic N) is 2.